The van der Waals surface area contributed by atoms with Gasteiger partial charge in [0.2, 0.25) is 5.91 Å². The highest BCUT2D eigenvalue weighted by molar-refractivity contribution is 7.05. The number of likely N-dealkylation sites (tertiary alicyclic amines) is 1. The third-order valence-corrected chi connectivity index (χ3v) is 6.25. The molecule has 3 heterocycles. The third kappa shape index (κ3) is 5.42. The molecule has 0 aliphatic carbocycles. The molecule has 1 N–H and O–H groups in total. The van der Waals surface area contributed by atoms with Gasteiger partial charge in [0, 0.05) is 12.1 Å². The van der Waals surface area contributed by atoms with Crippen molar-refractivity contribution in [2.75, 3.05) is 20.1 Å². The van der Waals surface area contributed by atoms with Gasteiger partial charge in [-0.1, -0.05) is 6.07 Å². The quantitative estimate of drug-likeness (QED) is 0.533. The van der Waals surface area contributed by atoms with E-state index in [-0.39, 0.29) is 18.3 Å². The predicted molar refractivity (Wildman–Crippen MR) is 121 cm³/mol. The molecule has 4 rings (SSSR count). The molecular formula is C23H23F2N5O3S. The van der Waals surface area contributed by atoms with Crippen molar-refractivity contribution in [1.29, 1.82) is 0 Å². The van der Waals surface area contributed by atoms with E-state index >= 15 is 0 Å². The molecule has 11 heteroatoms. The van der Waals surface area contributed by atoms with Crippen LogP contribution in [0.25, 0.3) is 11.5 Å². The maximum Gasteiger partial charge on any atom is 0.263 e. The van der Waals surface area contributed by atoms with E-state index in [4.69, 9.17) is 4.74 Å². The predicted octanol–water partition coefficient (Wildman–Crippen LogP) is 3.36. The number of aryl methyl sites for hydroxylation is 1. The lowest BCUT2D eigenvalue weighted by atomic mass is 9.96. The summed E-state index contributed by atoms with van der Waals surface area (Å²) >= 11 is 1.06. The van der Waals surface area contributed by atoms with Crippen molar-refractivity contribution in [1.82, 2.24) is 24.6 Å². The lowest BCUT2D eigenvalue weighted by molar-refractivity contribution is -0.125. The minimum Gasteiger partial charge on any atom is -0.483 e. The van der Waals surface area contributed by atoms with Crippen molar-refractivity contribution in [3.05, 3.63) is 58.2 Å². The third-order valence-electron chi connectivity index (χ3n) is 5.57. The zero-order valence-corrected chi connectivity index (χ0v) is 19.5. The minimum absolute atomic E-state index is 0.137. The molecular weight excluding hydrogens is 464 g/mol. The Labute approximate surface area is 199 Å². The summed E-state index contributed by atoms with van der Waals surface area (Å²) in [5.74, 6) is -4.22. The number of hydrogen-bond acceptors (Lipinski definition) is 8. The van der Waals surface area contributed by atoms with Gasteiger partial charge in [0.25, 0.3) is 5.91 Å². The van der Waals surface area contributed by atoms with Gasteiger partial charge in [-0.25, -0.2) is 13.8 Å². The van der Waals surface area contributed by atoms with E-state index in [1.807, 2.05) is 20.0 Å². The summed E-state index contributed by atoms with van der Waals surface area (Å²) < 4.78 is 38.9. The largest absolute Gasteiger partial charge is 0.483 e. The van der Waals surface area contributed by atoms with Gasteiger partial charge >= 0.3 is 0 Å². The average Bonchev–Trinajstić information content (AvgIpc) is 3.28. The van der Waals surface area contributed by atoms with Crippen LogP contribution < -0.4 is 10.1 Å². The van der Waals surface area contributed by atoms with Crippen LogP contribution in [0.15, 0.2) is 30.5 Å². The lowest BCUT2D eigenvalue weighted by Crippen LogP contribution is -2.41. The molecule has 0 saturated carbocycles. The molecule has 0 spiro atoms. The fourth-order valence-corrected chi connectivity index (χ4v) is 4.12. The summed E-state index contributed by atoms with van der Waals surface area (Å²) in [5, 5.41) is 2.58. The van der Waals surface area contributed by atoms with Gasteiger partial charge in [-0.15, -0.1) is 0 Å². The van der Waals surface area contributed by atoms with Gasteiger partial charge in [-0.3, -0.25) is 19.9 Å². The summed E-state index contributed by atoms with van der Waals surface area (Å²) in [6, 6.07) is 5.69. The van der Waals surface area contributed by atoms with Gasteiger partial charge in [0.15, 0.2) is 22.4 Å². The number of benzene rings is 1. The highest BCUT2D eigenvalue weighted by atomic mass is 32.1. The number of carbonyl (C=O) groups is 2. The van der Waals surface area contributed by atoms with Crippen molar-refractivity contribution in [3.8, 4) is 17.3 Å². The van der Waals surface area contributed by atoms with E-state index < -0.39 is 29.0 Å². The molecule has 1 aromatic carbocycles. The fraction of sp³-hybridized carbons (Fsp3) is 0.348. The number of imide groups is 1. The van der Waals surface area contributed by atoms with E-state index in [1.165, 1.54) is 0 Å². The van der Waals surface area contributed by atoms with Crippen LogP contribution in [-0.2, 0) is 11.4 Å². The number of pyridine rings is 1. The van der Waals surface area contributed by atoms with Crippen LogP contribution in [0, 0.1) is 24.5 Å². The Kier molecular flexibility index (Phi) is 7.23. The zero-order valence-electron chi connectivity index (χ0n) is 18.7. The van der Waals surface area contributed by atoms with Crippen LogP contribution in [0.5, 0.6) is 5.75 Å². The van der Waals surface area contributed by atoms with Gasteiger partial charge in [0.05, 0.1) is 0 Å². The van der Waals surface area contributed by atoms with Crippen molar-refractivity contribution in [2.24, 2.45) is 5.92 Å². The fourth-order valence-electron chi connectivity index (χ4n) is 3.56. The van der Waals surface area contributed by atoms with Crippen molar-refractivity contribution in [3.63, 3.8) is 0 Å². The van der Waals surface area contributed by atoms with E-state index in [1.54, 1.807) is 12.3 Å². The smallest absolute Gasteiger partial charge is 0.263 e. The van der Waals surface area contributed by atoms with Crippen molar-refractivity contribution in [2.45, 2.75) is 26.4 Å². The number of nitrogens with zero attached hydrogens (tertiary/aromatic N) is 4. The second-order valence-electron chi connectivity index (χ2n) is 8.15. The number of aromatic nitrogens is 3. The first kappa shape index (κ1) is 23.8. The number of rotatable bonds is 6. The molecule has 0 radical (unpaired) electrons. The molecule has 8 nitrogen and oxygen atoms in total. The van der Waals surface area contributed by atoms with Crippen molar-refractivity contribution >= 4 is 23.3 Å². The zero-order chi connectivity index (χ0) is 24.2. The van der Waals surface area contributed by atoms with Gasteiger partial charge in [-0.05, 0) is 75.2 Å². The standard InChI is InChI=1S/C23H23F2N5O3S/c1-13-3-5-16(26-11-13)21-27-18(34-29-21)12-33-17-6-4-15(24)19(20(17)25)23(32)28-22(31)14-7-9-30(2)10-8-14/h3-6,11,14H,7-10,12H2,1-2H3,(H,28,31,32). The molecule has 2 aromatic heterocycles. The Morgan fingerprint density at radius 1 is 1.21 bits per heavy atom. The summed E-state index contributed by atoms with van der Waals surface area (Å²) in [6.45, 7) is 3.21. The van der Waals surface area contributed by atoms with E-state index in [0.29, 0.717) is 42.5 Å². The molecule has 34 heavy (non-hydrogen) atoms. The number of piperidine rings is 1. The van der Waals surface area contributed by atoms with Crippen LogP contribution in [0.3, 0.4) is 0 Å². The first-order valence-corrected chi connectivity index (χ1v) is 11.5. The molecule has 0 unspecified atom stereocenters. The molecule has 0 atom stereocenters. The van der Waals surface area contributed by atoms with Crippen LogP contribution in [-0.4, -0.2) is 51.2 Å². The Bertz CT molecular complexity index is 1190. The Hall–Kier alpha value is -3.31. The van der Waals surface area contributed by atoms with Gasteiger partial charge in [0.1, 0.15) is 23.7 Å². The SMILES string of the molecule is Cc1ccc(-c2nsc(COc3ccc(F)c(C(=O)NC(=O)C4CCN(C)CC4)c3F)n2)nc1. The number of halogens is 2. The second-order valence-corrected chi connectivity index (χ2v) is 8.99. The van der Waals surface area contributed by atoms with E-state index in [9.17, 15) is 18.4 Å². The molecule has 0 bridgehead atoms. The summed E-state index contributed by atoms with van der Waals surface area (Å²) in [6.07, 6.45) is 2.85. The number of carbonyl (C=O) groups excluding carboxylic acids is 2. The highest BCUT2D eigenvalue weighted by Gasteiger charge is 2.28. The van der Waals surface area contributed by atoms with Crippen LogP contribution >= 0.6 is 11.5 Å². The van der Waals surface area contributed by atoms with Gasteiger partial charge < -0.3 is 9.64 Å². The summed E-state index contributed by atoms with van der Waals surface area (Å²) in [7, 11) is 1.94. The maximum absolute atomic E-state index is 15.0. The van der Waals surface area contributed by atoms with Crippen LogP contribution in [0.4, 0.5) is 8.78 Å². The number of amides is 2. The maximum atomic E-state index is 15.0. The summed E-state index contributed by atoms with van der Waals surface area (Å²) in [4.78, 5) is 35.6. The average molecular weight is 488 g/mol. The monoisotopic (exact) mass is 487 g/mol. The molecule has 1 fully saturated rings. The number of hydrogen-bond donors (Lipinski definition) is 1. The molecule has 1 saturated heterocycles. The summed E-state index contributed by atoms with van der Waals surface area (Å²) in [5.41, 5.74) is 0.733. The molecule has 3 aromatic rings. The highest BCUT2D eigenvalue weighted by Crippen LogP contribution is 2.25. The van der Waals surface area contributed by atoms with E-state index in [2.05, 4.69) is 24.6 Å². The Morgan fingerprint density at radius 3 is 2.68 bits per heavy atom. The number of nitrogens with one attached hydrogen (secondary N) is 1. The first-order valence-electron chi connectivity index (χ1n) is 10.7. The first-order chi connectivity index (χ1) is 16.3. The second kappa shape index (κ2) is 10.3. The molecule has 178 valence electrons. The molecule has 1 aliphatic heterocycles. The Balaban J connectivity index is 1.42. The normalized spacial score (nSPS) is 14.7. The lowest BCUT2D eigenvalue weighted by Gasteiger charge is -2.27. The van der Waals surface area contributed by atoms with Crippen LogP contribution in [0.2, 0.25) is 0 Å². The van der Waals surface area contributed by atoms with Crippen LogP contribution in [0.1, 0.15) is 33.8 Å². The number of ether oxygens (including phenoxy) is 1. The van der Waals surface area contributed by atoms with Gasteiger partial charge in [-0.2, -0.15) is 4.37 Å². The van der Waals surface area contributed by atoms with Crippen molar-refractivity contribution < 1.29 is 23.1 Å². The molecule has 2 amide bonds. The topological polar surface area (TPSA) is 97.3 Å². The minimum atomic E-state index is -1.18. The van der Waals surface area contributed by atoms with E-state index in [0.717, 1.165) is 29.2 Å². The Morgan fingerprint density at radius 2 is 1.97 bits per heavy atom. The molecule has 1 aliphatic rings.